The number of nitrogens with zero attached hydrogens (tertiary/aromatic N) is 2. The number of likely N-dealkylation sites (N-methyl/N-ethyl adjacent to an activating group) is 1. The van der Waals surface area contributed by atoms with Crippen LogP contribution in [0.5, 0.6) is 0 Å². The molecule has 154 valence electrons. The molecule has 1 heterocycles. The lowest BCUT2D eigenvalue weighted by Gasteiger charge is -2.41. The van der Waals surface area contributed by atoms with Crippen molar-refractivity contribution in [1.29, 1.82) is 0 Å². The van der Waals surface area contributed by atoms with E-state index in [0.29, 0.717) is 12.0 Å². The number of ether oxygens (including phenoxy) is 1. The van der Waals surface area contributed by atoms with Crippen molar-refractivity contribution in [2.75, 3.05) is 40.4 Å². The first-order valence-corrected chi connectivity index (χ1v) is 9.83. The Bertz CT molecular complexity index is 559. The summed E-state index contributed by atoms with van der Waals surface area (Å²) in [5.74, 6) is 1.31. The summed E-state index contributed by atoms with van der Waals surface area (Å²) in [6.45, 7) is 9.87. The van der Waals surface area contributed by atoms with Gasteiger partial charge in [-0.25, -0.2) is 0 Å². The molecule has 0 spiro atoms. The Morgan fingerprint density at radius 2 is 1.81 bits per heavy atom. The Morgan fingerprint density at radius 3 is 2.37 bits per heavy atom. The maximum Gasteiger partial charge on any atom is 0.191 e. The van der Waals surface area contributed by atoms with Crippen LogP contribution in [0, 0.1) is 0 Å². The van der Waals surface area contributed by atoms with Crippen molar-refractivity contribution in [2.24, 2.45) is 4.99 Å². The molecule has 27 heavy (non-hydrogen) atoms. The molecule has 1 saturated heterocycles. The minimum absolute atomic E-state index is 0. The molecule has 0 aliphatic carbocycles. The van der Waals surface area contributed by atoms with Crippen molar-refractivity contribution < 1.29 is 4.74 Å². The average Bonchev–Trinajstić information content (AvgIpc) is 2.67. The van der Waals surface area contributed by atoms with E-state index in [0.717, 1.165) is 45.1 Å². The molecule has 1 aromatic rings. The number of rotatable bonds is 7. The number of nitrogens with one attached hydrogen (secondary N) is 2. The van der Waals surface area contributed by atoms with Crippen LogP contribution in [0.1, 0.15) is 45.1 Å². The molecule has 0 saturated carbocycles. The standard InChI is InChI=1S/C21H36N4O.HI/c1-6-22-20(23-16-21(25(4)5)12-14-26-15-13-21)24-18(3)17(2)19-10-8-7-9-11-19;/h7-11,17-18H,6,12-16H2,1-5H3,(H2,22,23,24);1H. The Hall–Kier alpha value is -0.860. The summed E-state index contributed by atoms with van der Waals surface area (Å²) < 4.78 is 5.57. The van der Waals surface area contributed by atoms with Crippen LogP contribution in [0.2, 0.25) is 0 Å². The molecule has 5 nitrogen and oxygen atoms in total. The van der Waals surface area contributed by atoms with Crippen molar-refractivity contribution in [2.45, 2.75) is 51.1 Å². The van der Waals surface area contributed by atoms with Crippen molar-refractivity contribution in [1.82, 2.24) is 15.5 Å². The van der Waals surface area contributed by atoms with Crippen LogP contribution >= 0.6 is 24.0 Å². The second kappa shape index (κ2) is 11.9. The molecule has 0 amide bonds. The molecule has 2 unspecified atom stereocenters. The highest BCUT2D eigenvalue weighted by atomic mass is 127. The smallest absolute Gasteiger partial charge is 0.191 e. The SMILES string of the molecule is CCNC(=NCC1(N(C)C)CCOCC1)NC(C)C(C)c1ccccc1.I. The van der Waals surface area contributed by atoms with E-state index in [9.17, 15) is 0 Å². The van der Waals surface area contributed by atoms with Gasteiger partial charge in [0.2, 0.25) is 0 Å². The van der Waals surface area contributed by atoms with E-state index in [1.165, 1.54) is 5.56 Å². The van der Waals surface area contributed by atoms with Gasteiger partial charge in [-0.1, -0.05) is 37.3 Å². The first kappa shape index (κ1) is 24.2. The zero-order valence-electron chi connectivity index (χ0n) is 17.5. The lowest BCUT2D eigenvalue weighted by molar-refractivity contribution is -0.00255. The Morgan fingerprint density at radius 1 is 1.19 bits per heavy atom. The lowest BCUT2D eigenvalue weighted by Crippen LogP contribution is -2.52. The molecule has 0 bridgehead atoms. The normalized spacial score (nSPS) is 19.1. The highest BCUT2D eigenvalue weighted by Crippen LogP contribution is 2.26. The molecule has 1 aliphatic heterocycles. The van der Waals surface area contributed by atoms with Crippen molar-refractivity contribution in [3.8, 4) is 0 Å². The van der Waals surface area contributed by atoms with Crippen LogP contribution < -0.4 is 10.6 Å². The van der Waals surface area contributed by atoms with Crippen LogP contribution in [0.15, 0.2) is 35.3 Å². The third-order valence-corrected chi connectivity index (χ3v) is 5.69. The number of aliphatic imine (C=N–C) groups is 1. The van der Waals surface area contributed by atoms with Crippen LogP contribution in [-0.2, 0) is 4.74 Å². The van der Waals surface area contributed by atoms with Gasteiger partial charge in [0.25, 0.3) is 0 Å². The fraction of sp³-hybridized carbons (Fsp3) is 0.667. The Balaban J connectivity index is 0.00000364. The van der Waals surface area contributed by atoms with Gasteiger partial charge in [0, 0.05) is 37.3 Å². The number of benzene rings is 1. The van der Waals surface area contributed by atoms with Crippen LogP contribution in [0.3, 0.4) is 0 Å². The van der Waals surface area contributed by atoms with Gasteiger partial charge in [0.15, 0.2) is 5.96 Å². The van der Waals surface area contributed by atoms with E-state index < -0.39 is 0 Å². The highest BCUT2D eigenvalue weighted by Gasteiger charge is 2.34. The fourth-order valence-corrected chi connectivity index (χ4v) is 3.43. The molecule has 2 rings (SSSR count). The van der Waals surface area contributed by atoms with Crippen molar-refractivity contribution >= 4 is 29.9 Å². The van der Waals surface area contributed by atoms with Gasteiger partial charge >= 0.3 is 0 Å². The summed E-state index contributed by atoms with van der Waals surface area (Å²) in [5, 5.41) is 7.01. The first-order chi connectivity index (χ1) is 12.5. The fourth-order valence-electron chi connectivity index (χ4n) is 3.43. The third kappa shape index (κ3) is 6.91. The summed E-state index contributed by atoms with van der Waals surface area (Å²) >= 11 is 0. The maximum atomic E-state index is 5.57. The van der Waals surface area contributed by atoms with E-state index in [2.05, 4.69) is 80.7 Å². The molecular weight excluding hydrogens is 451 g/mol. The lowest BCUT2D eigenvalue weighted by atomic mass is 9.89. The van der Waals surface area contributed by atoms with E-state index >= 15 is 0 Å². The zero-order valence-corrected chi connectivity index (χ0v) is 19.8. The van der Waals surface area contributed by atoms with E-state index in [4.69, 9.17) is 9.73 Å². The number of guanidine groups is 1. The van der Waals surface area contributed by atoms with Gasteiger partial charge in [0.05, 0.1) is 6.54 Å². The minimum Gasteiger partial charge on any atom is -0.381 e. The van der Waals surface area contributed by atoms with E-state index in [-0.39, 0.29) is 29.5 Å². The average molecular weight is 488 g/mol. The summed E-state index contributed by atoms with van der Waals surface area (Å²) in [6, 6.07) is 10.9. The molecule has 2 N–H and O–H groups in total. The quantitative estimate of drug-likeness (QED) is 0.351. The monoisotopic (exact) mass is 488 g/mol. The van der Waals surface area contributed by atoms with Gasteiger partial charge in [-0.3, -0.25) is 4.99 Å². The van der Waals surface area contributed by atoms with E-state index in [1.54, 1.807) is 0 Å². The zero-order chi connectivity index (χ0) is 19.0. The molecule has 0 aromatic heterocycles. The summed E-state index contributed by atoms with van der Waals surface area (Å²) in [6.07, 6.45) is 2.05. The van der Waals surface area contributed by atoms with Gasteiger partial charge in [-0.2, -0.15) is 0 Å². The maximum absolute atomic E-state index is 5.57. The van der Waals surface area contributed by atoms with Crippen LogP contribution in [0.4, 0.5) is 0 Å². The highest BCUT2D eigenvalue weighted by molar-refractivity contribution is 14.0. The second-order valence-corrected chi connectivity index (χ2v) is 7.56. The minimum atomic E-state index is 0. The van der Waals surface area contributed by atoms with Gasteiger partial charge in [0.1, 0.15) is 0 Å². The molecule has 2 atom stereocenters. The predicted molar refractivity (Wildman–Crippen MR) is 125 cm³/mol. The topological polar surface area (TPSA) is 48.9 Å². The summed E-state index contributed by atoms with van der Waals surface area (Å²) in [5.41, 5.74) is 1.44. The molecule has 1 aliphatic rings. The number of halogens is 1. The van der Waals surface area contributed by atoms with Crippen LogP contribution in [0.25, 0.3) is 0 Å². The number of hydrogen-bond donors (Lipinski definition) is 2. The largest absolute Gasteiger partial charge is 0.381 e. The molecular formula is C21H37IN4O. The first-order valence-electron chi connectivity index (χ1n) is 9.83. The predicted octanol–water partition coefficient (Wildman–Crippen LogP) is 3.46. The molecule has 6 heteroatoms. The number of hydrogen-bond acceptors (Lipinski definition) is 3. The van der Waals surface area contributed by atoms with E-state index in [1.807, 2.05) is 0 Å². The second-order valence-electron chi connectivity index (χ2n) is 7.56. The van der Waals surface area contributed by atoms with Gasteiger partial charge in [-0.05, 0) is 46.3 Å². The third-order valence-electron chi connectivity index (χ3n) is 5.69. The molecule has 1 aromatic carbocycles. The Labute approximate surface area is 182 Å². The van der Waals surface area contributed by atoms with Crippen LogP contribution in [-0.4, -0.2) is 62.8 Å². The van der Waals surface area contributed by atoms with Crippen molar-refractivity contribution in [3.63, 3.8) is 0 Å². The molecule has 0 radical (unpaired) electrons. The van der Waals surface area contributed by atoms with Gasteiger partial charge in [-0.15, -0.1) is 24.0 Å². The summed E-state index contributed by atoms with van der Waals surface area (Å²) in [7, 11) is 4.31. The molecule has 1 fully saturated rings. The Kier molecular flexibility index (Phi) is 10.6. The summed E-state index contributed by atoms with van der Waals surface area (Å²) in [4.78, 5) is 7.26. The van der Waals surface area contributed by atoms with Gasteiger partial charge < -0.3 is 20.3 Å². The van der Waals surface area contributed by atoms with Crippen molar-refractivity contribution in [3.05, 3.63) is 35.9 Å².